The first-order valence-electron chi connectivity index (χ1n) is 6.48. The molecular formula is C15H22O2. The van der Waals surface area contributed by atoms with Crippen molar-refractivity contribution in [2.75, 3.05) is 7.11 Å². The molecule has 2 rings (SSSR count). The van der Waals surface area contributed by atoms with Gasteiger partial charge in [-0.3, -0.25) is 4.79 Å². The van der Waals surface area contributed by atoms with Gasteiger partial charge in [0, 0.05) is 5.41 Å². The Bertz CT molecular complexity index is 390. The SMILES string of the molecule is COC1=CC2(C)CCC(C(C)C)CC2=CC1=O. The van der Waals surface area contributed by atoms with Gasteiger partial charge in [-0.2, -0.15) is 0 Å². The van der Waals surface area contributed by atoms with E-state index in [9.17, 15) is 4.79 Å². The van der Waals surface area contributed by atoms with Crippen molar-refractivity contribution < 1.29 is 9.53 Å². The van der Waals surface area contributed by atoms with Crippen LogP contribution in [-0.4, -0.2) is 12.9 Å². The number of methoxy groups -OCH3 is 1. The van der Waals surface area contributed by atoms with Gasteiger partial charge in [-0.1, -0.05) is 26.3 Å². The molecule has 0 bridgehead atoms. The Kier molecular flexibility index (Phi) is 3.15. The number of allylic oxidation sites excluding steroid dienone is 3. The molecule has 0 aromatic rings. The van der Waals surface area contributed by atoms with Crippen LogP contribution in [0, 0.1) is 17.3 Å². The minimum atomic E-state index is 0.0318. The molecule has 0 aliphatic heterocycles. The number of fused-ring (bicyclic) bond motifs is 1. The van der Waals surface area contributed by atoms with Crippen LogP contribution < -0.4 is 0 Å². The van der Waals surface area contributed by atoms with E-state index in [0.717, 1.165) is 18.8 Å². The monoisotopic (exact) mass is 234 g/mol. The zero-order valence-electron chi connectivity index (χ0n) is 11.2. The topological polar surface area (TPSA) is 26.3 Å². The zero-order chi connectivity index (χ0) is 12.6. The number of ketones is 1. The molecule has 2 atom stereocenters. The highest BCUT2D eigenvalue weighted by Gasteiger charge is 2.38. The molecule has 0 radical (unpaired) electrons. The molecule has 94 valence electrons. The summed E-state index contributed by atoms with van der Waals surface area (Å²) < 4.78 is 5.16. The van der Waals surface area contributed by atoms with Crippen LogP contribution in [0.4, 0.5) is 0 Å². The number of rotatable bonds is 2. The number of hydrogen-bond acceptors (Lipinski definition) is 2. The van der Waals surface area contributed by atoms with E-state index in [-0.39, 0.29) is 11.2 Å². The molecule has 1 fully saturated rings. The molecular weight excluding hydrogens is 212 g/mol. The van der Waals surface area contributed by atoms with Crippen molar-refractivity contribution in [3.05, 3.63) is 23.5 Å². The van der Waals surface area contributed by atoms with E-state index >= 15 is 0 Å². The molecule has 1 saturated carbocycles. The molecule has 0 amide bonds. The lowest BCUT2D eigenvalue weighted by atomic mass is 9.64. The highest BCUT2D eigenvalue weighted by atomic mass is 16.5. The second-order valence-electron chi connectivity index (χ2n) is 5.91. The Morgan fingerprint density at radius 1 is 1.47 bits per heavy atom. The van der Waals surface area contributed by atoms with Crippen molar-refractivity contribution in [3.8, 4) is 0 Å². The largest absolute Gasteiger partial charge is 0.493 e. The quantitative estimate of drug-likeness (QED) is 0.731. The van der Waals surface area contributed by atoms with Gasteiger partial charge >= 0.3 is 0 Å². The van der Waals surface area contributed by atoms with E-state index in [1.54, 1.807) is 7.11 Å². The van der Waals surface area contributed by atoms with E-state index in [4.69, 9.17) is 4.74 Å². The second kappa shape index (κ2) is 4.32. The minimum Gasteiger partial charge on any atom is -0.493 e. The van der Waals surface area contributed by atoms with E-state index in [2.05, 4.69) is 20.8 Å². The average Bonchev–Trinajstić information content (AvgIpc) is 2.28. The first-order chi connectivity index (χ1) is 7.96. The van der Waals surface area contributed by atoms with Crippen LogP contribution in [0.2, 0.25) is 0 Å². The molecule has 0 N–H and O–H groups in total. The summed E-state index contributed by atoms with van der Waals surface area (Å²) in [5.41, 5.74) is 1.35. The molecule has 2 nitrogen and oxygen atoms in total. The summed E-state index contributed by atoms with van der Waals surface area (Å²) in [5.74, 6) is 1.96. The Morgan fingerprint density at radius 3 is 2.76 bits per heavy atom. The van der Waals surface area contributed by atoms with Crippen LogP contribution in [-0.2, 0) is 9.53 Å². The molecule has 0 spiro atoms. The fraction of sp³-hybridized carbons (Fsp3) is 0.667. The lowest BCUT2D eigenvalue weighted by Crippen LogP contribution is -2.31. The van der Waals surface area contributed by atoms with E-state index in [1.807, 2.05) is 12.2 Å². The molecule has 17 heavy (non-hydrogen) atoms. The standard InChI is InChI=1S/C15H22O2/c1-10(2)11-5-6-15(3)9-14(17-4)13(16)8-12(15)7-11/h8-11H,5-7H2,1-4H3. The van der Waals surface area contributed by atoms with Gasteiger partial charge in [0.15, 0.2) is 5.76 Å². The van der Waals surface area contributed by atoms with Gasteiger partial charge in [-0.25, -0.2) is 0 Å². The van der Waals surface area contributed by atoms with Crippen molar-refractivity contribution in [3.63, 3.8) is 0 Å². The number of carbonyl (C=O) groups is 1. The average molecular weight is 234 g/mol. The molecule has 0 aromatic heterocycles. The summed E-state index contributed by atoms with van der Waals surface area (Å²) in [6.45, 7) is 6.77. The zero-order valence-corrected chi connectivity index (χ0v) is 11.2. The summed E-state index contributed by atoms with van der Waals surface area (Å²) in [7, 11) is 1.58. The fourth-order valence-electron chi connectivity index (χ4n) is 2.97. The smallest absolute Gasteiger partial charge is 0.220 e. The highest BCUT2D eigenvalue weighted by molar-refractivity contribution is 6.04. The molecule has 2 aliphatic carbocycles. The third-order valence-corrected chi connectivity index (χ3v) is 4.41. The van der Waals surface area contributed by atoms with Crippen molar-refractivity contribution in [1.29, 1.82) is 0 Å². The number of ether oxygens (including phenoxy) is 1. The van der Waals surface area contributed by atoms with Crippen LogP contribution >= 0.6 is 0 Å². The maximum absolute atomic E-state index is 11.8. The second-order valence-corrected chi connectivity index (χ2v) is 5.91. The lowest BCUT2D eigenvalue weighted by molar-refractivity contribution is -0.114. The predicted octanol–water partition coefficient (Wildman–Crippen LogP) is 3.49. The van der Waals surface area contributed by atoms with Crippen LogP contribution in [0.15, 0.2) is 23.5 Å². The van der Waals surface area contributed by atoms with Gasteiger partial charge in [0.2, 0.25) is 5.78 Å². The predicted molar refractivity (Wildman–Crippen MR) is 68.5 cm³/mol. The van der Waals surface area contributed by atoms with Crippen LogP contribution in [0.3, 0.4) is 0 Å². The van der Waals surface area contributed by atoms with Gasteiger partial charge in [-0.05, 0) is 43.3 Å². The first-order valence-corrected chi connectivity index (χ1v) is 6.48. The Balaban J connectivity index is 2.26. The van der Waals surface area contributed by atoms with Gasteiger partial charge in [0.1, 0.15) is 0 Å². The summed E-state index contributed by atoms with van der Waals surface area (Å²) in [6, 6.07) is 0. The van der Waals surface area contributed by atoms with Gasteiger partial charge < -0.3 is 4.74 Å². The molecule has 0 heterocycles. The van der Waals surface area contributed by atoms with Crippen LogP contribution in [0.1, 0.15) is 40.0 Å². The van der Waals surface area contributed by atoms with E-state index < -0.39 is 0 Å². The van der Waals surface area contributed by atoms with Crippen molar-refractivity contribution in [2.24, 2.45) is 17.3 Å². The third kappa shape index (κ3) is 2.18. The lowest BCUT2D eigenvalue weighted by Gasteiger charge is -2.41. The Hall–Kier alpha value is -1.05. The molecule has 2 aliphatic rings. The molecule has 0 saturated heterocycles. The minimum absolute atomic E-state index is 0.0318. The maximum atomic E-state index is 11.8. The Morgan fingerprint density at radius 2 is 2.18 bits per heavy atom. The highest BCUT2D eigenvalue weighted by Crippen LogP contribution is 2.48. The summed E-state index contributed by atoms with van der Waals surface area (Å²) in [6.07, 6.45) is 7.27. The summed E-state index contributed by atoms with van der Waals surface area (Å²) in [5, 5.41) is 0. The maximum Gasteiger partial charge on any atom is 0.220 e. The van der Waals surface area contributed by atoms with Crippen molar-refractivity contribution in [2.45, 2.75) is 40.0 Å². The fourth-order valence-corrected chi connectivity index (χ4v) is 2.97. The van der Waals surface area contributed by atoms with Gasteiger partial charge in [0.25, 0.3) is 0 Å². The molecule has 2 unspecified atom stereocenters. The summed E-state index contributed by atoms with van der Waals surface area (Å²) in [4.78, 5) is 11.8. The van der Waals surface area contributed by atoms with Gasteiger partial charge in [-0.15, -0.1) is 0 Å². The molecule has 2 heteroatoms. The van der Waals surface area contributed by atoms with Crippen LogP contribution in [0.25, 0.3) is 0 Å². The third-order valence-electron chi connectivity index (χ3n) is 4.41. The Labute approximate surface area is 104 Å². The van der Waals surface area contributed by atoms with Crippen LogP contribution in [0.5, 0.6) is 0 Å². The summed E-state index contributed by atoms with van der Waals surface area (Å²) >= 11 is 0. The number of carbonyl (C=O) groups excluding carboxylic acids is 1. The normalized spacial score (nSPS) is 33.0. The number of hydrogen-bond donors (Lipinski definition) is 0. The molecule has 0 aromatic carbocycles. The van der Waals surface area contributed by atoms with Crippen molar-refractivity contribution in [1.82, 2.24) is 0 Å². The van der Waals surface area contributed by atoms with Gasteiger partial charge in [0.05, 0.1) is 7.11 Å². The first kappa shape index (κ1) is 12.4. The van der Waals surface area contributed by atoms with E-state index in [1.165, 1.54) is 12.0 Å². The van der Waals surface area contributed by atoms with Crippen molar-refractivity contribution >= 4 is 5.78 Å². The van der Waals surface area contributed by atoms with E-state index in [0.29, 0.717) is 11.7 Å².